The summed E-state index contributed by atoms with van der Waals surface area (Å²) in [5.74, 6) is 0.577. The van der Waals surface area contributed by atoms with E-state index in [4.69, 9.17) is 11.6 Å². The Morgan fingerprint density at radius 2 is 1.40 bits per heavy atom. The van der Waals surface area contributed by atoms with Crippen molar-refractivity contribution in [1.82, 2.24) is 10.2 Å². The Labute approximate surface area is 213 Å². The maximum atomic E-state index is 10.4. The van der Waals surface area contributed by atoms with Crippen molar-refractivity contribution in [3.8, 4) is 11.5 Å². The molecule has 3 aromatic carbocycles. The number of rotatable bonds is 5. The van der Waals surface area contributed by atoms with Gasteiger partial charge >= 0.3 is 0 Å². The number of aliphatic hydroxyl groups excluding tert-OH is 1. The minimum Gasteiger partial charge on any atom is -0.508 e. The highest BCUT2D eigenvalue weighted by Gasteiger charge is 2.49. The van der Waals surface area contributed by atoms with Crippen LogP contribution in [0.2, 0.25) is 5.02 Å². The van der Waals surface area contributed by atoms with Gasteiger partial charge in [0, 0.05) is 24.2 Å². The van der Waals surface area contributed by atoms with Gasteiger partial charge in [0.05, 0.1) is 11.6 Å². The predicted molar refractivity (Wildman–Crippen MR) is 141 cm³/mol. The van der Waals surface area contributed by atoms with Gasteiger partial charge in [-0.1, -0.05) is 35.9 Å². The van der Waals surface area contributed by atoms with E-state index in [0.717, 1.165) is 38.9 Å². The van der Waals surface area contributed by atoms with E-state index in [1.807, 2.05) is 57.2 Å². The molecule has 35 heavy (non-hydrogen) atoms. The number of phenolic OH excluding ortho intramolecular Hbond substituents is 2. The van der Waals surface area contributed by atoms with Crippen LogP contribution in [0.1, 0.15) is 57.4 Å². The van der Waals surface area contributed by atoms with Crippen LogP contribution in [0, 0.1) is 27.7 Å². The third-order valence-corrected chi connectivity index (χ3v) is 8.35. The van der Waals surface area contributed by atoms with Gasteiger partial charge in [0.25, 0.3) is 0 Å². The standard InChI is InChI=1S/C29H35ClN2O3/c1-17-19(3)26(34)12-10-23(17)25-16-31-29(14-15-33,21-6-8-22(30)9-7-21)28(32(25)5)24-11-13-27(35)20(4)18(24)2/h6-13,25,28,31,33-35H,14-16H2,1-5H3. The maximum absolute atomic E-state index is 10.4. The fraction of sp³-hybridized carbons (Fsp3) is 0.379. The molecule has 1 aliphatic heterocycles. The van der Waals surface area contributed by atoms with Crippen molar-refractivity contribution in [3.63, 3.8) is 0 Å². The monoisotopic (exact) mass is 494 g/mol. The van der Waals surface area contributed by atoms with Gasteiger partial charge in [0.2, 0.25) is 0 Å². The van der Waals surface area contributed by atoms with Gasteiger partial charge in [-0.25, -0.2) is 0 Å². The van der Waals surface area contributed by atoms with Crippen LogP contribution >= 0.6 is 11.6 Å². The molecule has 1 saturated heterocycles. The number of halogens is 1. The summed E-state index contributed by atoms with van der Waals surface area (Å²) in [6.07, 6.45) is 0.503. The number of hydrogen-bond donors (Lipinski definition) is 4. The summed E-state index contributed by atoms with van der Waals surface area (Å²) in [5.41, 5.74) is 6.55. The van der Waals surface area contributed by atoms with E-state index >= 15 is 0 Å². The molecular formula is C29H35ClN2O3. The summed E-state index contributed by atoms with van der Waals surface area (Å²) in [6.45, 7) is 8.65. The summed E-state index contributed by atoms with van der Waals surface area (Å²) in [5, 5.41) is 35.4. The van der Waals surface area contributed by atoms with Crippen LogP contribution in [-0.4, -0.2) is 40.4 Å². The van der Waals surface area contributed by atoms with Gasteiger partial charge in [-0.2, -0.15) is 0 Å². The lowest BCUT2D eigenvalue weighted by Gasteiger charge is -2.54. The van der Waals surface area contributed by atoms with Gasteiger partial charge < -0.3 is 20.6 Å². The van der Waals surface area contributed by atoms with E-state index in [-0.39, 0.29) is 24.4 Å². The van der Waals surface area contributed by atoms with Crippen LogP contribution in [0.4, 0.5) is 0 Å². The Bertz CT molecular complexity index is 1230. The van der Waals surface area contributed by atoms with Crippen molar-refractivity contribution in [2.24, 2.45) is 0 Å². The smallest absolute Gasteiger partial charge is 0.118 e. The molecule has 4 N–H and O–H groups in total. The largest absolute Gasteiger partial charge is 0.508 e. The van der Waals surface area contributed by atoms with Gasteiger partial charge in [-0.15, -0.1) is 0 Å². The molecule has 1 aliphatic rings. The number of piperazine rings is 1. The lowest BCUT2D eigenvalue weighted by molar-refractivity contribution is 0.0116. The van der Waals surface area contributed by atoms with Gasteiger partial charge in [0.15, 0.2) is 0 Å². The first-order valence-electron chi connectivity index (χ1n) is 12.0. The molecular weight excluding hydrogens is 460 g/mol. The second-order valence-corrected chi connectivity index (χ2v) is 10.2. The second-order valence-electron chi connectivity index (χ2n) is 9.76. The molecule has 0 spiro atoms. The highest BCUT2D eigenvalue weighted by molar-refractivity contribution is 6.30. The van der Waals surface area contributed by atoms with Gasteiger partial charge in [-0.3, -0.25) is 4.90 Å². The summed E-state index contributed by atoms with van der Waals surface area (Å²) >= 11 is 6.24. The summed E-state index contributed by atoms with van der Waals surface area (Å²) in [7, 11) is 2.13. The SMILES string of the molecule is Cc1c(O)ccc(C2CNC(CCO)(c3ccc(Cl)cc3)C(c3ccc(O)c(C)c3C)N2C)c1C. The van der Waals surface area contributed by atoms with Crippen molar-refractivity contribution in [2.45, 2.75) is 51.7 Å². The maximum Gasteiger partial charge on any atom is 0.118 e. The first-order valence-corrected chi connectivity index (χ1v) is 12.4. The molecule has 0 bridgehead atoms. The molecule has 0 amide bonds. The Kier molecular flexibility index (Phi) is 7.16. The van der Waals surface area contributed by atoms with E-state index in [0.29, 0.717) is 23.7 Å². The van der Waals surface area contributed by atoms with E-state index < -0.39 is 5.54 Å². The van der Waals surface area contributed by atoms with Crippen molar-refractivity contribution >= 4 is 11.6 Å². The minimum atomic E-state index is -0.585. The number of hydrogen-bond acceptors (Lipinski definition) is 5. The average Bonchev–Trinajstić information content (AvgIpc) is 2.83. The van der Waals surface area contributed by atoms with Crippen molar-refractivity contribution < 1.29 is 15.3 Å². The topological polar surface area (TPSA) is 76.0 Å². The second kappa shape index (κ2) is 9.82. The molecule has 186 valence electrons. The fourth-order valence-corrected chi connectivity index (χ4v) is 5.85. The normalized spacial score (nSPS) is 22.9. The van der Waals surface area contributed by atoms with Gasteiger partial charge in [0.1, 0.15) is 11.5 Å². The fourth-order valence-electron chi connectivity index (χ4n) is 5.73. The van der Waals surface area contributed by atoms with Crippen LogP contribution in [0.3, 0.4) is 0 Å². The number of nitrogens with one attached hydrogen (secondary N) is 1. The van der Waals surface area contributed by atoms with Crippen LogP contribution in [0.15, 0.2) is 48.5 Å². The van der Waals surface area contributed by atoms with Crippen LogP contribution in [-0.2, 0) is 5.54 Å². The third-order valence-electron chi connectivity index (χ3n) is 8.10. The van der Waals surface area contributed by atoms with E-state index in [2.05, 4.69) is 24.2 Å². The lowest BCUT2D eigenvalue weighted by atomic mass is 9.72. The first kappa shape index (κ1) is 25.5. The predicted octanol–water partition coefficient (Wildman–Crippen LogP) is 5.58. The number of phenols is 2. The van der Waals surface area contributed by atoms with Gasteiger partial charge in [-0.05, 0) is 104 Å². The number of likely N-dealkylation sites (N-methyl/N-ethyl adjacent to an activating group) is 1. The minimum absolute atomic E-state index is 0.0120. The Balaban J connectivity index is 1.94. The molecule has 0 saturated carbocycles. The zero-order valence-electron chi connectivity index (χ0n) is 21.1. The summed E-state index contributed by atoms with van der Waals surface area (Å²) in [4.78, 5) is 2.37. The molecule has 3 unspecified atom stereocenters. The first-order chi connectivity index (χ1) is 16.6. The van der Waals surface area contributed by atoms with E-state index in [1.54, 1.807) is 12.1 Å². The Morgan fingerprint density at radius 3 is 1.97 bits per heavy atom. The highest BCUT2D eigenvalue weighted by Crippen LogP contribution is 2.50. The Morgan fingerprint density at radius 1 is 0.857 bits per heavy atom. The number of nitrogens with zero attached hydrogens (tertiary/aromatic N) is 1. The molecule has 1 fully saturated rings. The molecule has 0 aromatic heterocycles. The molecule has 5 nitrogen and oxygen atoms in total. The van der Waals surface area contributed by atoms with Crippen molar-refractivity contribution in [3.05, 3.63) is 92.5 Å². The average molecular weight is 495 g/mol. The molecule has 3 aromatic rings. The van der Waals surface area contributed by atoms with E-state index in [1.165, 1.54) is 0 Å². The Hall–Kier alpha value is -2.57. The van der Waals surface area contributed by atoms with Crippen LogP contribution < -0.4 is 5.32 Å². The van der Waals surface area contributed by atoms with E-state index in [9.17, 15) is 15.3 Å². The zero-order valence-corrected chi connectivity index (χ0v) is 21.8. The summed E-state index contributed by atoms with van der Waals surface area (Å²) in [6, 6.07) is 15.3. The highest BCUT2D eigenvalue weighted by atomic mass is 35.5. The molecule has 0 radical (unpaired) electrons. The van der Waals surface area contributed by atoms with Crippen molar-refractivity contribution in [1.29, 1.82) is 0 Å². The van der Waals surface area contributed by atoms with Crippen molar-refractivity contribution in [2.75, 3.05) is 20.2 Å². The number of benzene rings is 3. The molecule has 6 heteroatoms. The molecule has 0 aliphatic carbocycles. The molecule has 1 heterocycles. The summed E-state index contributed by atoms with van der Waals surface area (Å²) < 4.78 is 0. The third kappa shape index (κ3) is 4.31. The number of aliphatic hydroxyl groups is 1. The zero-order chi connectivity index (χ0) is 25.5. The van der Waals surface area contributed by atoms with Crippen LogP contribution in [0.25, 0.3) is 0 Å². The quantitative estimate of drug-likeness (QED) is 0.372. The van der Waals surface area contributed by atoms with Crippen LogP contribution in [0.5, 0.6) is 11.5 Å². The molecule has 4 rings (SSSR count). The lowest BCUT2D eigenvalue weighted by Crippen LogP contribution is -2.60. The molecule has 3 atom stereocenters. The number of aromatic hydroxyl groups is 2.